The predicted octanol–water partition coefficient (Wildman–Crippen LogP) is 2.68. The number of rotatable bonds is 5. The lowest BCUT2D eigenvalue weighted by Gasteiger charge is -2.01. The van der Waals surface area contributed by atoms with Gasteiger partial charge in [0.25, 0.3) is 0 Å². The lowest BCUT2D eigenvalue weighted by Crippen LogP contribution is -1.97. The SMILES string of the molecule is CC(C)CC=NOc1ccc(-n2cccn2)nc1. The third-order valence-electron chi connectivity index (χ3n) is 2.27. The van der Waals surface area contributed by atoms with Crippen LogP contribution in [-0.2, 0) is 0 Å². The Bertz CT molecular complexity index is 488. The van der Waals surface area contributed by atoms with Crippen LogP contribution >= 0.6 is 0 Å². The second-order valence-corrected chi connectivity index (χ2v) is 4.31. The molecule has 0 saturated carbocycles. The van der Waals surface area contributed by atoms with Crippen molar-refractivity contribution in [2.75, 3.05) is 0 Å². The largest absolute Gasteiger partial charge is 0.356 e. The molecule has 2 aromatic heterocycles. The number of nitrogens with zero attached hydrogens (tertiary/aromatic N) is 4. The molecule has 94 valence electrons. The van der Waals surface area contributed by atoms with Gasteiger partial charge in [0.1, 0.15) is 0 Å². The van der Waals surface area contributed by atoms with E-state index < -0.39 is 0 Å². The topological polar surface area (TPSA) is 52.3 Å². The second kappa shape index (κ2) is 5.95. The maximum absolute atomic E-state index is 5.21. The molecule has 0 unspecified atom stereocenters. The quantitative estimate of drug-likeness (QED) is 0.600. The first-order chi connectivity index (χ1) is 8.75. The Morgan fingerprint density at radius 3 is 2.94 bits per heavy atom. The van der Waals surface area contributed by atoms with Crippen molar-refractivity contribution in [1.82, 2.24) is 14.8 Å². The molecule has 18 heavy (non-hydrogen) atoms. The van der Waals surface area contributed by atoms with Crippen molar-refractivity contribution >= 4 is 6.21 Å². The van der Waals surface area contributed by atoms with Gasteiger partial charge in [-0.3, -0.25) is 0 Å². The van der Waals surface area contributed by atoms with Crippen molar-refractivity contribution in [1.29, 1.82) is 0 Å². The Labute approximate surface area is 106 Å². The van der Waals surface area contributed by atoms with E-state index in [4.69, 9.17) is 4.84 Å². The average molecular weight is 244 g/mol. The van der Waals surface area contributed by atoms with Crippen molar-refractivity contribution < 1.29 is 4.84 Å². The lowest BCUT2D eigenvalue weighted by atomic mass is 10.2. The van der Waals surface area contributed by atoms with E-state index in [1.54, 1.807) is 23.3 Å². The molecular formula is C13H16N4O. The summed E-state index contributed by atoms with van der Waals surface area (Å²) in [5.74, 6) is 1.95. The van der Waals surface area contributed by atoms with E-state index in [0.717, 1.165) is 12.2 Å². The van der Waals surface area contributed by atoms with Gasteiger partial charge in [-0.05, 0) is 30.5 Å². The second-order valence-electron chi connectivity index (χ2n) is 4.31. The van der Waals surface area contributed by atoms with Crippen LogP contribution in [0.4, 0.5) is 0 Å². The zero-order chi connectivity index (χ0) is 12.8. The van der Waals surface area contributed by atoms with Gasteiger partial charge in [0.15, 0.2) is 11.6 Å². The van der Waals surface area contributed by atoms with Gasteiger partial charge in [-0.1, -0.05) is 19.0 Å². The minimum Gasteiger partial charge on any atom is -0.356 e. The molecule has 0 amide bonds. The Morgan fingerprint density at radius 1 is 1.44 bits per heavy atom. The fraction of sp³-hybridized carbons (Fsp3) is 0.308. The summed E-state index contributed by atoms with van der Waals surface area (Å²) in [7, 11) is 0. The Balaban J connectivity index is 1.94. The highest BCUT2D eigenvalue weighted by atomic mass is 16.6. The lowest BCUT2D eigenvalue weighted by molar-refractivity contribution is 0.340. The Hall–Kier alpha value is -2.17. The van der Waals surface area contributed by atoms with Crippen LogP contribution in [0.2, 0.25) is 0 Å². The molecular weight excluding hydrogens is 228 g/mol. The summed E-state index contributed by atoms with van der Waals surface area (Å²) in [6.45, 7) is 4.26. The van der Waals surface area contributed by atoms with Gasteiger partial charge < -0.3 is 4.84 Å². The monoisotopic (exact) mass is 244 g/mol. The summed E-state index contributed by atoms with van der Waals surface area (Å²) in [6, 6.07) is 5.50. The molecule has 0 atom stereocenters. The molecule has 2 rings (SSSR count). The van der Waals surface area contributed by atoms with Crippen molar-refractivity contribution in [2.24, 2.45) is 11.1 Å². The van der Waals surface area contributed by atoms with Crippen molar-refractivity contribution in [2.45, 2.75) is 20.3 Å². The van der Waals surface area contributed by atoms with Crippen LogP contribution in [0.15, 0.2) is 41.9 Å². The third kappa shape index (κ3) is 3.41. The number of oxime groups is 1. The van der Waals surface area contributed by atoms with Crippen molar-refractivity contribution in [3.05, 3.63) is 36.8 Å². The Morgan fingerprint density at radius 2 is 2.33 bits per heavy atom. The van der Waals surface area contributed by atoms with Crippen LogP contribution in [0, 0.1) is 5.92 Å². The molecule has 0 radical (unpaired) electrons. The molecule has 2 aromatic rings. The normalized spacial score (nSPS) is 11.3. The summed E-state index contributed by atoms with van der Waals surface area (Å²) in [5, 5.41) is 7.98. The summed E-state index contributed by atoms with van der Waals surface area (Å²) in [5.41, 5.74) is 0. The minimum absolute atomic E-state index is 0.581. The van der Waals surface area contributed by atoms with Crippen LogP contribution in [-0.4, -0.2) is 21.0 Å². The molecule has 0 bridgehead atoms. The van der Waals surface area contributed by atoms with Gasteiger partial charge in [-0.25, -0.2) is 9.67 Å². The first-order valence-electron chi connectivity index (χ1n) is 5.90. The smallest absolute Gasteiger partial charge is 0.176 e. The van der Waals surface area contributed by atoms with Crippen LogP contribution in [0.3, 0.4) is 0 Å². The van der Waals surface area contributed by atoms with Crippen LogP contribution in [0.25, 0.3) is 5.82 Å². The van der Waals surface area contributed by atoms with E-state index in [9.17, 15) is 0 Å². The molecule has 5 nitrogen and oxygen atoms in total. The molecule has 0 aliphatic carbocycles. The number of hydrogen-bond donors (Lipinski definition) is 0. The van der Waals surface area contributed by atoms with Gasteiger partial charge >= 0.3 is 0 Å². The molecule has 0 N–H and O–H groups in total. The molecule has 5 heteroatoms. The van der Waals surface area contributed by atoms with E-state index in [1.165, 1.54) is 0 Å². The van der Waals surface area contributed by atoms with E-state index in [2.05, 4.69) is 29.1 Å². The maximum atomic E-state index is 5.21. The molecule has 0 fully saturated rings. The zero-order valence-electron chi connectivity index (χ0n) is 10.5. The first-order valence-corrected chi connectivity index (χ1v) is 5.90. The molecule has 2 heterocycles. The highest BCUT2D eigenvalue weighted by Crippen LogP contribution is 2.11. The first kappa shape index (κ1) is 12.3. The number of pyridine rings is 1. The van der Waals surface area contributed by atoms with Gasteiger partial charge in [0.05, 0.1) is 6.20 Å². The predicted molar refractivity (Wildman–Crippen MR) is 69.9 cm³/mol. The van der Waals surface area contributed by atoms with Crippen molar-refractivity contribution in [3.8, 4) is 11.6 Å². The molecule has 0 aromatic carbocycles. The average Bonchev–Trinajstić information content (AvgIpc) is 2.89. The van der Waals surface area contributed by atoms with E-state index in [-0.39, 0.29) is 0 Å². The third-order valence-corrected chi connectivity index (χ3v) is 2.27. The van der Waals surface area contributed by atoms with Gasteiger partial charge in [0, 0.05) is 18.6 Å². The van der Waals surface area contributed by atoms with Gasteiger partial charge in [0.2, 0.25) is 0 Å². The standard InChI is InChI=1S/C13H16N4O/c1-11(2)6-8-16-18-12-4-5-13(14-10-12)17-9-3-7-15-17/h3-5,7-11H,6H2,1-2H3. The van der Waals surface area contributed by atoms with E-state index in [0.29, 0.717) is 11.7 Å². The molecule has 0 spiro atoms. The fourth-order valence-corrected chi connectivity index (χ4v) is 1.32. The highest BCUT2D eigenvalue weighted by Gasteiger charge is 1.98. The zero-order valence-corrected chi connectivity index (χ0v) is 10.5. The van der Waals surface area contributed by atoms with Gasteiger partial charge in [-0.15, -0.1) is 0 Å². The summed E-state index contributed by atoms with van der Waals surface area (Å²) >= 11 is 0. The highest BCUT2D eigenvalue weighted by molar-refractivity contribution is 5.56. The van der Waals surface area contributed by atoms with E-state index in [1.807, 2.05) is 24.4 Å². The molecule has 0 aliphatic heterocycles. The summed E-state index contributed by atoms with van der Waals surface area (Å²) < 4.78 is 1.69. The number of aromatic nitrogens is 3. The van der Waals surface area contributed by atoms with Crippen LogP contribution in [0.1, 0.15) is 20.3 Å². The van der Waals surface area contributed by atoms with Crippen LogP contribution < -0.4 is 4.84 Å². The summed E-state index contributed by atoms with van der Waals surface area (Å²) in [4.78, 5) is 9.44. The molecule has 0 aliphatic rings. The Kier molecular flexibility index (Phi) is 4.06. The maximum Gasteiger partial charge on any atom is 0.176 e. The van der Waals surface area contributed by atoms with Gasteiger partial charge in [-0.2, -0.15) is 5.10 Å². The fourth-order valence-electron chi connectivity index (χ4n) is 1.32. The summed E-state index contributed by atoms with van der Waals surface area (Å²) in [6.07, 6.45) is 7.85. The van der Waals surface area contributed by atoms with Crippen molar-refractivity contribution in [3.63, 3.8) is 0 Å². The van der Waals surface area contributed by atoms with E-state index >= 15 is 0 Å². The van der Waals surface area contributed by atoms with Crippen LogP contribution in [0.5, 0.6) is 5.75 Å². The number of hydrogen-bond acceptors (Lipinski definition) is 4. The minimum atomic E-state index is 0.581. The molecule has 0 saturated heterocycles.